The molecule has 0 saturated heterocycles. The highest BCUT2D eigenvalue weighted by atomic mass is 19.1. The van der Waals surface area contributed by atoms with Gasteiger partial charge < -0.3 is 5.11 Å². The maximum atomic E-state index is 13.2. The molecule has 0 saturated carbocycles. The first kappa shape index (κ1) is 12.8. The van der Waals surface area contributed by atoms with Gasteiger partial charge in [0.25, 0.3) is 0 Å². The van der Waals surface area contributed by atoms with E-state index >= 15 is 0 Å². The molecule has 2 rings (SSSR count). The summed E-state index contributed by atoms with van der Waals surface area (Å²) in [7, 11) is 0. The van der Waals surface area contributed by atoms with E-state index in [1.165, 1.54) is 17.7 Å². The van der Waals surface area contributed by atoms with Gasteiger partial charge in [0.2, 0.25) is 0 Å². The van der Waals surface area contributed by atoms with Crippen LogP contribution in [0.5, 0.6) is 0 Å². The lowest BCUT2D eigenvalue weighted by Crippen LogP contribution is -2.22. The van der Waals surface area contributed by atoms with Crippen LogP contribution in [0.3, 0.4) is 0 Å². The van der Waals surface area contributed by atoms with E-state index in [0.29, 0.717) is 5.56 Å². The molecule has 94 valence electrons. The summed E-state index contributed by atoms with van der Waals surface area (Å²) in [5, 5.41) is 10.6. The quantitative estimate of drug-likeness (QED) is 0.874. The van der Waals surface area contributed by atoms with Crippen LogP contribution in [0.4, 0.5) is 4.39 Å². The lowest BCUT2D eigenvalue weighted by atomic mass is 9.87. The molecule has 0 spiro atoms. The van der Waals surface area contributed by atoms with E-state index in [-0.39, 0.29) is 5.82 Å². The summed E-state index contributed by atoms with van der Waals surface area (Å²) >= 11 is 0. The largest absolute Gasteiger partial charge is 0.381 e. The lowest BCUT2D eigenvalue weighted by Gasteiger charge is -2.24. The Balaban J connectivity index is 2.40. The summed E-state index contributed by atoms with van der Waals surface area (Å²) in [6.07, 6.45) is 0.961. The van der Waals surface area contributed by atoms with Gasteiger partial charge in [-0.15, -0.1) is 0 Å². The highest BCUT2D eigenvalue weighted by Crippen LogP contribution is 2.29. The van der Waals surface area contributed by atoms with Crippen molar-refractivity contribution in [3.05, 3.63) is 71.0 Å². The zero-order valence-corrected chi connectivity index (χ0v) is 10.7. The standard InChI is InChI=1S/C16H17FO/c1-3-12-7-9-13(10-8-12)16(2,18)14-5-4-6-15(17)11-14/h4-11,18H,3H2,1-2H3. The Morgan fingerprint density at radius 3 is 2.28 bits per heavy atom. The van der Waals surface area contributed by atoms with E-state index in [1.54, 1.807) is 19.1 Å². The van der Waals surface area contributed by atoms with Crippen LogP contribution < -0.4 is 0 Å². The zero-order chi connectivity index (χ0) is 13.2. The van der Waals surface area contributed by atoms with Gasteiger partial charge in [0.15, 0.2) is 0 Å². The van der Waals surface area contributed by atoms with Gasteiger partial charge in [-0.2, -0.15) is 0 Å². The van der Waals surface area contributed by atoms with Crippen LogP contribution in [-0.4, -0.2) is 5.11 Å². The monoisotopic (exact) mass is 244 g/mol. The average Bonchev–Trinajstić information content (AvgIpc) is 2.39. The van der Waals surface area contributed by atoms with Crippen molar-refractivity contribution in [3.63, 3.8) is 0 Å². The van der Waals surface area contributed by atoms with Crippen molar-refractivity contribution < 1.29 is 9.50 Å². The number of hydrogen-bond acceptors (Lipinski definition) is 1. The van der Waals surface area contributed by atoms with Crippen LogP contribution in [0.15, 0.2) is 48.5 Å². The van der Waals surface area contributed by atoms with Crippen molar-refractivity contribution in [1.29, 1.82) is 0 Å². The molecule has 0 radical (unpaired) electrons. The number of hydrogen-bond donors (Lipinski definition) is 1. The predicted octanol–water partition coefficient (Wildman–Crippen LogP) is 3.64. The van der Waals surface area contributed by atoms with Crippen molar-refractivity contribution in [2.75, 3.05) is 0 Å². The van der Waals surface area contributed by atoms with E-state index in [0.717, 1.165) is 12.0 Å². The topological polar surface area (TPSA) is 20.2 Å². The molecule has 1 unspecified atom stereocenters. The molecule has 0 heterocycles. The number of rotatable bonds is 3. The third-order valence-corrected chi connectivity index (χ3v) is 3.31. The van der Waals surface area contributed by atoms with Crippen LogP contribution >= 0.6 is 0 Å². The lowest BCUT2D eigenvalue weighted by molar-refractivity contribution is 0.102. The van der Waals surface area contributed by atoms with Crippen LogP contribution in [-0.2, 0) is 12.0 Å². The minimum absolute atomic E-state index is 0.335. The van der Waals surface area contributed by atoms with Gasteiger partial charge in [0.1, 0.15) is 11.4 Å². The summed E-state index contributed by atoms with van der Waals surface area (Å²) in [4.78, 5) is 0. The minimum atomic E-state index is -1.17. The summed E-state index contributed by atoms with van der Waals surface area (Å²) in [5.41, 5.74) is 1.37. The van der Waals surface area contributed by atoms with E-state index in [2.05, 4.69) is 6.92 Å². The third kappa shape index (κ3) is 2.44. The first-order valence-corrected chi connectivity index (χ1v) is 6.12. The Kier molecular flexibility index (Phi) is 3.48. The van der Waals surface area contributed by atoms with E-state index < -0.39 is 5.60 Å². The van der Waals surface area contributed by atoms with Crippen molar-refractivity contribution >= 4 is 0 Å². The highest BCUT2D eigenvalue weighted by molar-refractivity contribution is 5.36. The Morgan fingerprint density at radius 1 is 1.06 bits per heavy atom. The molecule has 18 heavy (non-hydrogen) atoms. The smallest absolute Gasteiger partial charge is 0.123 e. The van der Waals surface area contributed by atoms with Gasteiger partial charge in [-0.3, -0.25) is 0 Å². The van der Waals surface area contributed by atoms with E-state index in [9.17, 15) is 9.50 Å². The van der Waals surface area contributed by atoms with Crippen LogP contribution in [0.25, 0.3) is 0 Å². The van der Waals surface area contributed by atoms with Gasteiger partial charge in [0, 0.05) is 0 Å². The first-order valence-electron chi connectivity index (χ1n) is 6.12. The third-order valence-electron chi connectivity index (χ3n) is 3.31. The summed E-state index contributed by atoms with van der Waals surface area (Å²) in [5.74, 6) is -0.335. The van der Waals surface area contributed by atoms with Crippen molar-refractivity contribution in [2.24, 2.45) is 0 Å². The van der Waals surface area contributed by atoms with E-state index in [4.69, 9.17) is 0 Å². The normalized spacial score (nSPS) is 14.2. The fourth-order valence-electron chi connectivity index (χ4n) is 2.02. The van der Waals surface area contributed by atoms with Gasteiger partial charge in [0.05, 0.1) is 0 Å². The highest BCUT2D eigenvalue weighted by Gasteiger charge is 2.25. The molecule has 0 aliphatic carbocycles. The van der Waals surface area contributed by atoms with Crippen molar-refractivity contribution in [1.82, 2.24) is 0 Å². The molecule has 0 aliphatic rings. The molecule has 0 aliphatic heterocycles. The Bertz CT molecular complexity index is 529. The second-order valence-corrected chi connectivity index (χ2v) is 4.63. The summed E-state index contributed by atoms with van der Waals surface area (Å²) in [6.45, 7) is 3.77. The van der Waals surface area contributed by atoms with E-state index in [1.807, 2.05) is 24.3 Å². The zero-order valence-electron chi connectivity index (χ0n) is 10.7. The number of aryl methyl sites for hydroxylation is 1. The second kappa shape index (κ2) is 4.91. The number of halogens is 1. The molecule has 0 aromatic heterocycles. The minimum Gasteiger partial charge on any atom is -0.381 e. The Hall–Kier alpha value is -1.67. The van der Waals surface area contributed by atoms with Crippen LogP contribution in [0, 0.1) is 5.82 Å². The fourth-order valence-corrected chi connectivity index (χ4v) is 2.02. The van der Waals surface area contributed by atoms with Gasteiger partial charge in [-0.05, 0) is 42.2 Å². The van der Waals surface area contributed by atoms with Crippen molar-refractivity contribution in [3.8, 4) is 0 Å². The van der Waals surface area contributed by atoms with Crippen LogP contribution in [0.2, 0.25) is 0 Å². The van der Waals surface area contributed by atoms with Crippen molar-refractivity contribution in [2.45, 2.75) is 25.9 Å². The molecule has 0 amide bonds. The Morgan fingerprint density at radius 2 is 1.72 bits per heavy atom. The summed E-state index contributed by atoms with van der Waals surface area (Å²) in [6, 6.07) is 13.9. The maximum absolute atomic E-state index is 13.2. The fraction of sp³-hybridized carbons (Fsp3) is 0.250. The molecule has 1 N–H and O–H groups in total. The number of aliphatic hydroxyl groups is 1. The molecule has 2 aromatic rings. The molecular weight excluding hydrogens is 227 g/mol. The second-order valence-electron chi connectivity index (χ2n) is 4.63. The molecule has 0 fully saturated rings. The van der Waals surface area contributed by atoms with Crippen LogP contribution in [0.1, 0.15) is 30.5 Å². The molecule has 1 nitrogen and oxygen atoms in total. The number of benzene rings is 2. The Labute approximate surface area is 107 Å². The SMILES string of the molecule is CCc1ccc(C(C)(O)c2cccc(F)c2)cc1. The predicted molar refractivity (Wildman–Crippen MR) is 70.9 cm³/mol. The van der Waals surface area contributed by atoms with Gasteiger partial charge in [-0.25, -0.2) is 4.39 Å². The average molecular weight is 244 g/mol. The van der Waals surface area contributed by atoms with Gasteiger partial charge in [-0.1, -0.05) is 43.3 Å². The molecular formula is C16H17FO. The molecule has 1 atom stereocenters. The molecule has 0 bridgehead atoms. The summed E-state index contributed by atoms with van der Waals surface area (Å²) < 4.78 is 13.2. The molecule has 2 heteroatoms. The van der Waals surface area contributed by atoms with Gasteiger partial charge >= 0.3 is 0 Å². The first-order chi connectivity index (χ1) is 8.54. The molecule has 2 aromatic carbocycles. The maximum Gasteiger partial charge on any atom is 0.123 e.